The van der Waals surface area contributed by atoms with E-state index in [1.54, 1.807) is 48.7 Å². The Kier molecular flexibility index (Phi) is 6.99. The quantitative estimate of drug-likeness (QED) is 0.561. The van der Waals surface area contributed by atoms with Crippen molar-refractivity contribution in [2.24, 2.45) is 0 Å². The van der Waals surface area contributed by atoms with E-state index in [9.17, 15) is 13.2 Å². The minimum Gasteiger partial charge on any atom is -0.497 e. The van der Waals surface area contributed by atoms with E-state index in [1.165, 1.54) is 26.5 Å². The fraction of sp³-hybridized carbons (Fsp3) is 0.238. The van der Waals surface area contributed by atoms with Crippen molar-refractivity contribution in [3.05, 3.63) is 60.9 Å². The summed E-state index contributed by atoms with van der Waals surface area (Å²) in [5.74, 6) is 0.117. The molecule has 0 aliphatic carbocycles. The Labute approximate surface area is 175 Å². The van der Waals surface area contributed by atoms with Crippen molar-refractivity contribution in [1.29, 1.82) is 0 Å². The second-order valence-electron chi connectivity index (χ2n) is 6.46. The summed E-state index contributed by atoms with van der Waals surface area (Å²) in [5.41, 5.74) is 0.514. The van der Waals surface area contributed by atoms with Crippen molar-refractivity contribution in [2.45, 2.75) is 4.90 Å². The lowest BCUT2D eigenvalue weighted by molar-refractivity contribution is -0.116. The van der Waals surface area contributed by atoms with Gasteiger partial charge in [0.15, 0.2) is 0 Å². The van der Waals surface area contributed by atoms with E-state index in [2.05, 4.69) is 10.3 Å². The zero-order valence-corrected chi connectivity index (χ0v) is 17.6. The molecule has 2 aromatic carbocycles. The number of hydrogen-bond donors (Lipinski definition) is 1. The molecule has 1 amide bonds. The largest absolute Gasteiger partial charge is 0.497 e. The van der Waals surface area contributed by atoms with Crippen LogP contribution in [0, 0.1) is 0 Å². The van der Waals surface area contributed by atoms with Crippen LogP contribution >= 0.6 is 0 Å². The van der Waals surface area contributed by atoms with Gasteiger partial charge in [-0.25, -0.2) is 8.42 Å². The molecule has 0 aliphatic rings. The number of methoxy groups -OCH3 is 2. The van der Waals surface area contributed by atoms with Gasteiger partial charge < -0.3 is 14.8 Å². The van der Waals surface area contributed by atoms with E-state index in [0.717, 1.165) is 4.31 Å². The molecule has 1 aromatic heterocycles. The Bertz CT molecular complexity index is 1130. The van der Waals surface area contributed by atoms with Crippen LogP contribution in [0.5, 0.6) is 5.75 Å². The maximum atomic E-state index is 13.4. The van der Waals surface area contributed by atoms with E-state index < -0.39 is 15.9 Å². The predicted molar refractivity (Wildman–Crippen MR) is 114 cm³/mol. The van der Waals surface area contributed by atoms with Crippen LogP contribution in [0.3, 0.4) is 0 Å². The second-order valence-corrected chi connectivity index (χ2v) is 8.37. The molecular formula is C21H23N3O5S. The molecule has 1 N–H and O–H groups in total. The standard InChI is InChI=1S/C21H23N3O5S/c1-28-12-11-24(15-21(25)23-17-6-4-7-18(13-17)29-2)30(26,27)20-8-3-5-16-14-22-10-9-19(16)20/h3-10,13-14H,11-12,15H2,1-2H3,(H,23,25). The van der Waals surface area contributed by atoms with Gasteiger partial charge in [0.2, 0.25) is 15.9 Å². The van der Waals surface area contributed by atoms with Gasteiger partial charge in [0, 0.05) is 48.6 Å². The summed E-state index contributed by atoms with van der Waals surface area (Å²) < 4.78 is 38.1. The maximum absolute atomic E-state index is 13.4. The number of nitrogens with one attached hydrogen (secondary N) is 1. The Morgan fingerprint density at radius 1 is 1.13 bits per heavy atom. The van der Waals surface area contributed by atoms with Gasteiger partial charge >= 0.3 is 0 Å². The van der Waals surface area contributed by atoms with Crippen molar-refractivity contribution >= 4 is 32.4 Å². The molecule has 30 heavy (non-hydrogen) atoms. The summed E-state index contributed by atoms with van der Waals surface area (Å²) in [5, 5.41) is 3.95. The molecule has 0 atom stereocenters. The number of hydrogen-bond acceptors (Lipinski definition) is 6. The zero-order chi connectivity index (χ0) is 21.6. The smallest absolute Gasteiger partial charge is 0.244 e. The van der Waals surface area contributed by atoms with Gasteiger partial charge in [-0.2, -0.15) is 4.31 Å². The monoisotopic (exact) mass is 429 g/mol. The first-order chi connectivity index (χ1) is 14.5. The lowest BCUT2D eigenvalue weighted by Gasteiger charge is -2.22. The normalized spacial score (nSPS) is 11.6. The number of ether oxygens (including phenoxy) is 2. The number of aromatic nitrogens is 1. The molecule has 0 radical (unpaired) electrons. The summed E-state index contributed by atoms with van der Waals surface area (Å²) in [4.78, 5) is 16.8. The van der Waals surface area contributed by atoms with Crippen molar-refractivity contribution in [2.75, 3.05) is 39.2 Å². The first-order valence-electron chi connectivity index (χ1n) is 9.21. The van der Waals surface area contributed by atoms with E-state index in [0.29, 0.717) is 22.2 Å². The van der Waals surface area contributed by atoms with Crippen LogP contribution in [-0.2, 0) is 19.6 Å². The lowest BCUT2D eigenvalue weighted by Crippen LogP contribution is -2.40. The van der Waals surface area contributed by atoms with E-state index >= 15 is 0 Å². The van der Waals surface area contributed by atoms with Crippen molar-refractivity contribution in [1.82, 2.24) is 9.29 Å². The molecule has 0 bridgehead atoms. The minimum atomic E-state index is -3.96. The molecule has 3 aromatic rings. The number of amides is 1. The van der Waals surface area contributed by atoms with Crippen LogP contribution < -0.4 is 10.1 Å². The molecule has 0 fully saturated rings. The summed E-state index contributed by atoms with van der Waals surface area (Å²) in [6, 6.07) is 13.5. The first kappa shape index (κ1) is 21.7. The first-order valence-corrected chi connectivity index (χ1v) is 10.7. The average molecular weight is 429 g/mol. The van der Waals surface area contributed by atoms with Crippen LogP contribution in [-0.4, -0.2) is 57.5 Å². The Balaban J connectivity index is 1.88. The molecule has 0 saturated heterocycles. The van der Waals surface area contributed by atoms with Gasteiger partial charge in [-0.05, 0) is 24.3 Å². The lowest BCUT2D eigenvalue weighted by atomic mass is 10.2. The Hall–Kier alpha value is -3.01. The highest BCUT2D eigenvalue weighted by Crippen LogP contribution is 2.25. The van der Waals surface area contributed by atoms with Crippen molar-refractivity contribution in [3.63, 3.8) is 0 Å². The zero-order valence-electron chi connectivity index (χ0n) is 16.7. The number of sulfonamides is 1. The summed E-state index contributed by atoms with van der Waals surface area (Å²) in [7, 11) is -0.956. The van der Waals surface area contributed by atoms with Crippen molar-refractivity contribution in [3.8, 4) is 5.75 Å². The predicted octanol–water partition coefficient (Wildman–Crippen LogP) is 2.52. The van der Waals surface area contributed by atoms with Gasteiger partial charge in [0.1, 0.15) is 5.75 Å². The van der Waals surface area contributed by atoms with Crippen LogP contribution in [0.25, 0.3) is 10.8 Å². The molecule has 158 valence electrons. The average Bonchev–Trinajstić information content (AvgIpc) is 2.76. The minimum absolute atomic E-state index is 0.0336. The molecule has 0 spiro atoms. The molecule has 9 heteroatoms. The number of carbonyl (C=O) groups is 1. The van der Waals surface area contributed by atoms with Gasteiger partial charge in [-0.15, -0.1) is 0 Å². The Morgan fingerprint density at radius 3 is 2.70 bits per heavy atom. The third-order valence-corrected chi connectivity index (χ3v) is 6.38. The molecule has 0 aliphatic heterocycles. The van der Waals surface area contributed by atoms with Crippen molar-refractivity contribution < 1.29 is 22.7 Å². The molecular weight excluding hydrogens is 406 g/mol. The number of benzene rings is 2. The van der Waals surface area contributed by atoms with Gasteiger partial charge in [-0.3, -0.25) is 9.78 Å². The summed E-state index contributed by atoms with van der Waals surface area (Å²) >= 11 is 0. The SMILES string of the molecule is COCCN(CC(=O)Nc1cccc(OC)c1)S(=O)(=O)c1cccc2cnccc12. The molecule has 1 heterocycles. The third-order valence-electron chi connectivity index (χ3n) is 4.48. The Morgan fingerprint density at radius 2 is 1.93 bits per heavy atom. The van der Waals surface area contributed by atoms with Crippen LogP contribution in [0.4, 0.5) is 5.69 Å². The molecule has 0 unspecified atom stereocenters. The van der Waals surface area contributed by atoms with Crippen LogP contribution in [0.2, 0.25) is 0 Å². The summed E-state index contributed by atoms with van der Waals surface area (Å²) in [6.45, 7) is -0.172. The van der Waals surface area contributed by atoms with Crippen LogP contribution in [0.1, 0.15) is 0 Å². The second kappa shape index (κ2) is 9.66. The van der Waals surface area contributed by atoms with Gasteiger partial charge in [-0.1, -0.05) is 18.2 Å². The van der Waals surface area contributed by atoms with Gasteiger partial charge in [0.25, 0.3) is 0 Å². The molecule has 0 saturated carbocycles. The van der Waals surface area contributed by atoms with E-state index in [1.807, 2.05) is 0 Å². The highest BCUT2D eigenvalue weighted by atomic mass is 32.2. The van der Waals surface area contributed by atoms with E-state index in [4.69, 9.17) is 9.47 Å². The highest BCUT2D eigenvalue weighted by Gasteiger charge is 2.28. The number of carbonyl (C=O) groups excluding carboxylic acids is 1. The topological polar surface area (TPSA) is 97.8 Å². The third kappa shape index (κ3) is 4.93. The summed E-state index contributed by atoms with van der Waals surface area (Å²) in [6.07, 6.45) is 3.14. The number of rotatable bonds is 9. The fourth-order valence-electron chi connectivity index (χ4n) is 3.00. The molecule has 8 nitrogen and oxygen atoms in total. The fourth-order valence-corrected chi connectivity index (χ4v) is 4.59. The number of anilines is 1. The maximum Gasteiger partial charge on any atom is 0.244 e. The number of nitrogens with zero attached hydrogens (tertiary/aromatic N) is 2. The molecule has 3 rings (SSSR count). The number of fused-ring (bicyclic) bond motifs is 1. The van der Waals surface area contributed by atoms with Gasteiger partial charge in [0.05, 0.1) is 25.2 Å². The number of pyridine rings is 1. The van der Waals surface area contributed by atoms with Crippen LogP contribution in [0.15, 0.2) is 65.8 Å². The highest BCUT2D eigenvalue weighted by molar-refractivity contribution is 7.89. The van der Waals surface area contributed by atoms with E-state index in [-0.39, 0.29) is 24.6 Å².